The molecule has 2 rings (SSSR count). The number of rotatable bonds is 11. The van der Waals surface area contributed by atoms with Gasteiger partial charge in [0.2, 0.25) is 5.91 Å². The second-order valence-electron chi connectivity index (χ2n) is 6.64. The van der Waals surface area contributed by atoms with E-state index in [1.165, 1.54) is 12.1 Å². The molecule has 1 fully saturated rings. The van der Waals surface area contributed by atoms with E-state index in [0.29, 0.717) is 19.4 Å². The molecule has 1 saturated heterocycles. The van der Waals surface area contributed by atoms with Crippen LogP contribution in [0.2, 0.25) is 5.02 Å². The number of carbonyl (C=O) groups is 1. The van der Waals surface area contributed by atoms with E-state index in [2.05, 4.69) is 0 Å². The van der Waals surface area contributed by atoms with Gasteiger partial charge in [-0.3, -0.25) is 4.79 Å². The number of likely N-dealkylation sites (tertiary alicyclic amines) is 1. The Morgan fingerprint density at radius 2 is 2.19 bits per heavy atom. The van der Waals surface area contributed by atoms with Crippen molar-refractivity contribution in [2.24, 2.45) is 0 Å². The number of hydrogen-bond donors (Lipinski definition) is 2. The van der Waals surface area contributed by atoms with Gasteiger partial charge in [-0.25, -0.2) is 4.39 Å². The maximum atomic E-state index is 13.2. The zero-order valence-corrected chi connectivity index (χ0v) is 16.9. The normalized spacial score (nSPS) is 18.6. The van der Waals surface area contributed by atoms with E-state index in [0.717, 1.165) is 36.3 Å². The molecule has 150 valence electrons. The van der Waals surface area contributed by atoms with Crippen LogP contribution in [-0.4, -0.2) is 57.8 Å². The van der Waals surface area contributed by atoms with Gasteiger partial charge >= 0.3 is 0 Å². The molecule has 0 radical (unpaired) electrons. The average Bonchev–Trinajstić information content (AvgIpc) is 2.99. The highest BCUT2D eigenvalue weighted by molar-refractivity contribution is 7.99. The fraction of sp³-hybridized carbons (Fsp3) is 0.550. The minimum atomic E-state index is -0.711. The van der Waals surface area contributed by atoms with Crippen molar-refractivity contribution in [2.45, 2.75) is 44.2 Å². The number of nitrogens with zero attached hydrogens (tertiary/aromatic N) is 1. The molecule has 1 heterocycles. The Morgan fingerprint density at radius 3 is 2.93 bits per heavy atom. The highest BCUT2D eigenvalue weighted by Gasteiger charge is 2.28. The van der Waals surface area contributed by atoms with Crippen LogP contribution in [0.3, 0.4) is 0 Å². The number of aliphatic hydroxyl groups excluding tert-OH is 2. The lowest BCUT2D eigenvalue weighted by Crippen LogP contribution is -2.34. The molecule has 7 heteroatoms. The van der Waals surface area contributed by atoms with E-state index < -0.39 is 11.9 Å². The van der Waals surface area contributed by atoms with E-state index in [9.17, 15) is 14.3 Å². The van der Waals surface area contributed by atoms with Gasteiger partial charge in [-0.2, -0.15) is 11.8 Å². The summed E-state index contributed by atoms with van der Waals surface area (Å²) >= 11 is 7.56. The lowest BCUT2D eigenvalue weighted by molar-refractivity contribution is -0.128. The number of amides is 1. The van der Waals surface area contributed by atoms with Gasteiger partial charge in [-0.15, -0.1) is 0 Å². The van der Waals surface area contributed by atoms with Crippen LogP contribution < -0.4 is 0 Å². The Balaban J connectivity index is 1.80. The predicted molar refractivity (Wildman–Crippen MR) is 109 cm³/mol. The third-order valence-electron chi connectivity index (χ3n) is 4.53. The molecule has 2 N–H and O–H groups in total. The molecule has 0 aliphatic carbocycles. The summed E-state index contributed by atoms with van der Waals surface area (Å²) in [5.41, 5.74) is 0.761. The number of carbonyl (C=O) groups excluding carboxylic acids is 1. The Labute approximate surface area is 169 Å². The predicted octanol–water partition coefficient (Wildman–Crippen LogP) is 3.44. The van der Waals surface area contributed by atoms with Gasteiger partial charge in [0.05, 0.1) is 17.2 Å². The maximum Gasteiger partial charge on any atom is 0.223 e. The van der Waals surface area contributed by atoms with Crippen LogP contribution in [0.1, 0.15) is 31.2 Å². The topological polar surface area (TPSA) is 60.8 Å². The molecule has 0 bridgehead atoms. The molecule has 0 unspecified atom stereocenters. The molecule has 0 saturated carbocycles. The average molecular weight is 416 g/mol. The van der Waals surface area contributed by atoms with Gasteiger partial charge in [-0.05, 0) is 42.7 Å². The molecule has 1 aliphatic rings. The second kappa shape index (κ2) is 11.7. The van der Waals surface area contributed by atoms with Crippen molar-refractivity contribution in [2.75, 3.05) is 24.7 Å². The highest BCUT2D eigenvalue weighted by Crippen LogP contribution is 2.21. The SMILES string of the molecule is O=C1CC[C@H](/C=C/[C@@H](O)Cc2ccc(F)c(Cl)c2)N1CCSCCCCO. The fourth-order valence-corrected chi connectivity index (χ4v) is 4.20. The lowest BCUT2D eigenvalue weighted by atomic mass is 10.1. The molecule has 1 aliphatic heterocycles. The van der Waals surface area contributed by atoms with Crippen LogP contribution >= 0.6 is 23.4 Å². The third kappa shape index (κ3) is 7.45. The Hall–Kier alpha value is -1.08. The maximum absolute atomic E-state index is 13.2. The van der Waals surface area contributed by atoms with Gasteiger partial charge in [0.15, 0.2) is 0 Å². The summed E-state index contributed by atoms with van der Waals surface area (Å²) in [6, 6.07) is 4.44. The number of unbranched alkanes of at least 4 members (excludes halogenated alkanes) is 1. The Morgan fingerprint density at radius 1 is 1.37 bits per heavy atom. The van der Waals surface area contributed by atoms with Crippen LogP contribution in [0.5, 0.6) is 0 Å². The molecular formula is C20H27ClFNO3S. The molecule has 1 aromatic rings. The van der Waals surface area contributed by atoms with E-state index in [-0.39, 0.29) is 23.6 Å². The number of benzene rings is 1. The van der Waals surface area contributed by atoms with Crippen LogP contribution in [-0.2, 0) is 11.2 Å². The molecule has 27 heavy (non-hydrogen) atoms. The Kier molecular flexibility index (Phi) is 9.62. The van der Waals surface area contributed by atoms with Crippen LogP contribution in [0, 0.1) is 5.82 Å². The summed E-state index contributed by atoms with van der Waals surface area (Å²) < 4.78 is 13.2. The lowest BCUT2D eigenvalue weighted by Gasteiger charge is -2.22. The fourth-order valence-electron chi connectivity index (χ4n) is 3.06. The van der Waals surface area contributed by atoms with Gasteiger partial charge in [0.25, 0.3) is 0 Å². The van der Waals surface area contributed by atoms with Crippen molar-refractivity contribution in [3.8, 4) is 0 Å². The number of halogens is 2. The number of hydrogen-bond acceptors (Lipinski definition) is 4. The molecule has 1 amide bonds. The van der Waals surface area contributed by atoms with Crippen molar-refractivity contribution in [1.82, 2.24) is 4.90 Å². The number of aliphatic hydroxyl groups is 2. The molecule has 0 aromatic heterocycles. The van der Waals surface area contributed by atoms with Gasteiger partial charge < -0.3 is 15.1 Å². The molecule has 4 nitrogen and oxygen atoms in total. The minimum Gasteiger partial charge on any atom is -0.396 e. The monoisotopic (exact) mass is 415 g/mol. The standard InChI is InChI=1S/C20H27ClFNO3S/c21-18-14-15(3-7-19(18)22)13-17(25)6-4-16-5-8-20(26)23(16)9-12-27-11-2-1-10-24/h3-4,6-7,14,16-17,24-25H,1-2,5,8-13H2/b6-4+/t16-,17+/m0/s1. The summed E-state index contributed by atoms with van der Waals surface area (Å²) in [6.07, 6.45) is 6.34. The van der Waals surface area contributed by atoms with Crippen LogP contribution in [0.4, 0.5) is 4.39 Å². The summed E-state index contributed by atoms with van der Waals surface area (Å²) in [5.74, 6) is 1.54. The molecule has 0 spiro atoms. The van der Waals surface area contributed by atoms with Gasteiger partial charge in [0.1, 0.15) is 5.82 Å². The van der Waals surface area contributed by atoms with Gasteiger partial charge in [-0.1, -0.05) is 29.8 Å². The largest absolute Gasteiger partial charge is 0.396 e. The van der Waals surface area contributed by atoms with Crippen molar-refractivity contribution < 1.29 is 19.4 Å². The van der Waals surface area contributed by atoms with Crippen LogP contribution in [0.25, 0.3) is 0 Å². The Bertz CT molecular complexity index is 644. The quantitative estimate of drug-likeness (QED) is 0.429. The summed E-state index contributed by atoms with van der Waals surface area (Å²) in [5, 5.41) is 19.0. The summed E-state index contributed by atoms with van der Waals surface area (Å²) in [7, 11) is 0. The van der Waals surface area contributed by atoms with Gasteiger partial charge in [0, 0.05) is 31.7 Å². The zero-order valence-electron chi connectivity index (χ0n) is 15.3. The molecule has 1 aromatic carbocycles. The van der Waals surface area contributed by atoms with Crippen molar-refractivity contribution in [3.05, 3.63) is 46.8 Å². The molecular weight excluding hydrogens is 389 g/mol. The van der Waals surface area contributed by atoms with Crippen molar-refractivity contribution in [1.29, 1.82) is 0 Å². The summed E-state index contributed by atoms with van der Waals surface area (Å²) in [6.45, 7) is 0.922. The summed E-state index contributed by atoms with van der Waals surface area (Å²) in [4.78, 5) is 14.0. The van der Waals surface area contributed by atoms with Crippen LogP contribution in [0.15, 0.2) is 30.4 Å². The van der Waals surface area contributed by atoms with E-state index in [4.69, 9.17) is 16.7 Å². The van der Waals surface area contributed by atoms with E-state index in [1.807, 2.05) is 11.0 Å². The van der Waals surface area contributed by atoms with E-state index in [1.54, 1.807) is 23.9 Å². The zero-order chi connectivity index (χ0) is 19.6. The smallest absolute Gasteiger partial charge is 0.223 e. The van der Waals surface area contributed by atoms with E-state index >= 15 is 0 Å². The second-order valence-corrected chi connectivity index (χ2v) is 8.27. The highest BCUT2D eigenvalue weighted by atomic mass is 35.5. The first-order valence-corrected chi connectivity index (χ1v) is 10.8. The first-order valence-electron chi connectivity index (χ1n) is 9.29. The van der Waals surface area contributed by atoms with Crippen molar-refractivity contribution in [3.63, 3.8) is 0 Å². The van der Waals surface area contributed by atoms with Crippen molar-refractivity contribution >= 4 is 29.3 Å². The minimum absolute atomic E-state index is 0.0157. The molecule has 2 atom stereocenters. The third-order valence-corrected chi connectivity index (χ3v) is 5.87. The first kappa shape index (κ1) is 22.2. The number of thioether (sulfide) groups is 1. The first-order chi connectivity index (χ1) is 13.0.